The van der Waals surface area contributed by atoms with Gasteiger partial charge in [0.25, 0.3) is 11.7 Å². The maximum absolute atomic E-state index is 12.5. The van der Waals surface area contributed by atoms with Gasteiger partial charge in [-0.15, -0.1) is 0 Å². The van der Waals surface area contributed by atoms with Crippen molar-refractivity contribution >= 4 is 27.2 Å². The summed E-state index contributed by atoms with van der Waals surface area (Å²) in [7, 11) is -3.71. The number of amides is 1. The van der Waals surface area contributed by atoms with Crippen LogP contribution in [0.15, 0.2) is 53.4 Å². The molecular formula is C16H13NO4S. The third-order valence-electron chi connectivity index (χ3n) is 3.56. The Hall–Kier alpha value is -2.47. The monoisotopic (exact) mass is 315 g/mol. The van der Waals surface area contributed by atoms with Gasteiger partial charge in [0, 0.05) is 0 Å². The zero-order valence-electron chi connectivity index (χ0n) is 11.8. The number of carbonyl (C=O) groups excluding carboxylic acids is 2. The van der Waals surface area contributed by atoms with Gasteiger partial charge in [0.15, 0.2) is 9.84 Å². The van der Waals surface area contributed by atoms with Gasteiger partial charge in [0.1, 0.15) is 5.88 Å². The Morgan fingerprint density at radius 2 is 1.59 bits per heavy atom. The molecule has 0 radical (unpaired) electrons. The molecule has 1 aliphatic rings. The number of para-hydroxylation sites is 1. The molecule has 0 saturated carbocycles. The third-order valence-corrected chi connectivity index (χ3v) is 5.15. The van der Waals surface area contributed by atoms with Crippen LogP contribution in [-0.4, -0.2) is 26.0 Å². The van der Waals surface area contributed by atoms with Crippen molar-refractivity contribution in [1.29, 1.82) is 0 Å². The van der Waals surface area contributed by atoms with Gasteiger partial charge >= 0.3 is 0 Å². The second kappa shape index (κ2) is 5.06. The van der Waals surface area contributed by atoms with E-state index in [-0.39, 0.29) is 10.5 Å². The lowest BCUT2D eigenvalue weighted by Gasteiger charge is -2.16. The Balaban J connectivity index is 1.98. The van der Waals surface area contributed by atoms with Gasteiger partial charge in [-0.1, -0.05) is 29.8 Å². The maximum Gasteiger partial charge on any atom is 0.300 e. The summed E-state index contributed by atoms with van der Waals surface area (Å²) in [4.78, 5) is 25.1. The van der Waals surface area contributed by atoms with E-state index in [1.807, 2.05) is 6.92 Å². The fourth-order valence-corrected chi connectivity index (χ4v) is 3.66. The van der Waals surface area contributed by atoms with Crippen LogP contribution in [0.1, 0.15) is 15.9 Å². The van der Waals surface area contributed by atoms with Gasteiger partial charge in [-0.25, -0.2) is 8.42 Å². The standard InChI is InChI=1S/C16H13NO4S/c1-11-6-8-12(9-7-11)22(20,21)10-17-14-5-3-2-4-13(14)15(18)16(17)19/h2-9H,10H2,1H3. The quantitative estimate of drug-likeness (QED) is 0.812. The largest absolute Gasteiger partial charge is 0.300 e. The van der Waals surface area contributed by atoms with Crippen molar-refractivity contribution in [3.05, 3.63) is 59.7 Å². The van der Waals surface area contributed by atoms with E-state index in [9.17, 15) is 18.0 Å². The fraction of sp³-hybridized carbons (Fsp3) is 0.125. The number of ketones is 1. The number of benzene rings is 2. The summed E-state index contributed by atoms with van der Waals surface area (Å²) in [6.45, 7) is 1.86. The summed E-state index contributed by atoms with van der Waals surface area (Å²) in [5.74, 6) is -2.02. The van der Waals surface area contributed by atoms with Crippen LogP contribution in [0, 0.1) is 6.92 Å². The topological polar surface area (TPSA) is 71.5 Å². The van der Waals surface area contributed by atoms with Crippen molar-refractivity contribution in [2.75, 3.05) is 10.8 Å². The van der Waals surface area contributed by atoms with Gasteiger partial charge in [-0.3, -0.25) is 14.5 Å². The molecule has 0 aromatic heterocycles. The lowest BCUT2D eigenvalue weighted by Crippen LogP contribution is -2.34. The molecule has 0 saturated heterocycles. The van der Waals surface area contributed by atoms with Crippen LogP contribution >= 0.6 is 0 Å². The summed E-state index contributed by atoms with van der Waals surface area (Å²) in [6.07, 6.45) is 0. The summed E-state index contributed by atoms with van der Waals surface area (Å²) < 4.78 is 24.9. The third kappa shape index (κ3) is 2.31. The van der Waals surface area contributed by atoms with Crippen LogP contribution in [0.4, 0.5) is 5.69 Å². The van der Waals surface area contributed by atoms with Gasteiger partial charge in [-0.05, 0) is 31.2 Å². The van der Waals surface area contributed by atoms with Gasteiger partial charge in [0.2, 0.25) is 0 Å². The van der Waals surface area contributed by atoms with Crippen molar-refractivity contribution in [3.63, 3.8) is 0 Å². The highest BCUT2D eigenvalue weighted by Crippen LogP contribution is 2.29. The number of nitrogens with zero attached hydrogens (tertiary/aromatic N) is 1. The van der Waals surface area contributed by atoms with Crippen LogP contribution in [0.5, 0.6) is 0 Å². The van der Waals surface area contributed by atoms with Gasteiger partial charge in [-0.2, -0.15) is 0 Å². The second-order valence-corrected chi connectivity index (χ2v) is 7.10. The number of rotatable bonds is 3. The number of hydrogen-bond donors (Lipinski definition) is 0. The first-order valence-electron chi connectivity index (χ1n) is 6.65. The normalized spacial score (nSPS) is 14.3. The Labute approximate surface area is 128 Å². The van der Waals surface area contributed by atoms with Crippen LogP contribution in [-0.2, 0) is 14.6 Å². The number of fused-ring (bicyclic) bond motifs is 1. The first kappa shape index (κ1) is 14.5. The molecule has 6 heteroatoms. The zero-order chi connectivity index (χ0) is 15.9. The minimum Gasteiger partial charge on any atom is -0.289 e. The molecule has 0 aliphatic carbocycles. The summed E-state index contributed by atoms with van der Waals surface area (Å²) in [5.41, 5.74) is 1.52. The molecule has 5 nitrogen and oxygen atoms in total. The molecule has 0 atom stereocenters. The summed E-state index contributed by atoms with van der Waals surface area (Å²) in [6, 6.07) is 12.8. The molecule has 1 aliphatic heterocycles. The molecule has 22 heavy (non-hydrogen) atoms. The predicted molar refractivity (Wildman–Crippen MR) is 81.5 cm³/mol. The Kier molecular flexibility index (Phi) is 3.33. The SMILES string of the molecule is Cc1ccc(S(=O)(=O)CN2C(=O)C(=O)c3ccccc32)cc1. The molecular weight excluding hydrogens is 302 g/mol. The van der Waals surface area contributed by atoms with E-state index in [2.05, 4.69) is 0 Å². The molecule has 112 valence electrons. The molecule has 1 amide bonds. The average Bonchev–Trinajstić information content (AvgIpc) is 2.73. The minimum absolute atomic E-state index is 0.128. The summed E-state index contributed by atoms with van der Waals surface area (Å²) in [5, 5.41) is 0. The Morgan fingerprint density at radius 3 is 2.27 bits per heavy atom. The smallest absolute Gasteiger partial charge is 0.289 e. The fourth-order valence-electron chi connectivity index (χ4n) is 2.37. The van der Waals surface area contributed by atoms with Gasteiger partial charge in [0.05, 0.1) is 16.1 Å². The predicted octanol–water partition coefficient (Wildman–Crippen LogP) is 1.96. The minimum atomic E-state index is -3.71. The van der Waals surface area contributed by atoms with Crippen LogP contribution in [0.3, 0.4) is 0 Å². The number of sulfone groups is 1. The van der Waals surface area contributed by atoms with E-state index in [1.54, 1.807) is 30.3 Å². The summed E-state index contributed by atoms with van der Waals surface area (Å²) >= 11 is 0. The van der Waals surface area contributed by atoms with E-state index in [0.717, 1.165) is 10.5 Å². The molecule has 3 rings (SSSR count). The number of Topliss-reactive ketones (excluding diaryl/α,β-unsaturated/α-hetero) is 1. The van der Waals surface area contributed by atoms with E-state index < -0.39 is 27.4 Å². The van der Waals surface area contributed by atoms with E-state index in [0.29, 0.717) is 5.69 Å². The van der Waals surface area contributed by atoms with E-state index in [4.69, 9.17) is 0 Å². The molecule has 2 aromatic rings. The van der Waals surface area contributed by atoms with Crippen molar-refractivity contribution in [3.8, 4) is 0 Å². The number of aryl methyl sites for hydroxylation is 1. The van der Waals surface area contributed by atoms with E-state index in [1.165, 1.54) is 18.2 Å². The average molecular weight is 315 g/mol. The van der Waals surface area contributed by atoms with Crippen molar-refractivity contribution in [2.24, 2.45) is 0 Å². The van der Waals surface area contributed by atoms with Crippen LogP contribution in [0.25, 0.3) is 0 Å². The number of anilines is 1. The molecule has 0 N–H and O–H groups in total. The zero-order valence-corrected chi connectivity index (χ0v) is 12.6. The molecule has 0 unspecified atom stereocenters. The molecule has 2 aromatic carbocycles. The maximum atomic E-state index is 12.5. The highest BCUT2D eigenvalue weighted by atomic mass is 32.2. The molecule has 1 heterocycles. The van der Waals surface area contributed by atoms with Crippen LogP contribution < -0.4 is 4.90 Å². The lowest BCUT2D eigenvalue weighted by molar-refractivity contribution is -0.114. The number of carbonyl (C=O) groups is 2. The lowest BCUT2D eigenvalue weighted by atomic mass is 10.1. The second-order valence-electron chi connectivity index (χ2n) is 5.14. The first-order chi connectivity index (χ1) is 10.4. The van der Waals surface area contributed by atoms with Crippen molar-refractivity contribution < 1.29 is 18.0 Å². The highest BCUT2D eigenvalue weighted by Gasteiger charge is 2.38. The Bertz CT molecular complexity index is 869. The molecule has 0 fully saturated rings. The highest BCUT2D eigenvalue weighted by molar-refractivity contribution is 7.91. The Morgan fingerprint density at radius 1 is 0.955 bits per heavy atom. The molecule has 0 bridgehead atoms. The first-order valence-corrected chi connectivity index (χ1v) is 8.30. The molecule has 0 spiro atoms. The van der Waals surface area contributed by atoms with Crippen molar-refractivity contribution in [2.45, 2.75) is 11.8 Å². The van der Waals surface area contributed by atoms with Gasteiger partial charge < -0.3 is 0 Å². The van der Waals surface area contributed by atoms with E-state index >= 15 is 0 Å². The number of hydrogen-bond acceptors (Lipinski definition) is 4. The van der Waals surface area contributed by atoms with Crippen molar-refractivity contribution in [1.82, 2.24) is 0 Å². The van der Waals surface area contributed by atoms with Crippen LogP contribution in [0.2, 0.25) is 0 Å².